The molecule has 0 aliphatic carbocycles. The molecule has 0 aliphatic heterocycles. The zero-order valence-corrected chi connectivity index (χ0v) is 22.4. The number of nitrogens with zero attached hydrogens (tertiary/aromatic N) is 6. The van der Waals surface area contributed by atoms with Crippen LogP contribution >= 0.6 is 0 Å². The van der Waals surface area contributed by atoms with Crippen LogP contribution in [0.2, 0.25) is 0 Å². The van der Waals surface area contributed by atoms with Gasteiger partial charge in [-0.1, -0.05) is 36.1 Å². The topological polar surface area (TPSA) is 107 Å². The average Bonchev–Trinajstić information content (AvgIpc) is 3.46. The standard InChI is InChI=1S/C31H28N6O3/c1-36(2)17-24-9-7-23(8-10-24)14-30-33-15-25-13-22(11-12-28(25)35-30)5-3-4-6-29(38)27-16-32-20-37(31(27)39)18-26-19-40-21-34-26/h7-13,15-16,19-21H,4,6,14,17-18H2,1-2H3. The van der Waals surface area contributed by atoms with Crippen LogP contribution in [0.1, 0.15) is 51.4 Å². The summed E-state index contributed by atoms with van der Waals surface area (Å²) < 4.78 is 6.27. The van der Waals surface area contributed by atoms with Gasteiger partial charge in [-0.25, -0.2) is 19.9 Å². The Kier molecular flexibility index (Phi) is 8.18. The van der Waals surface area contributed by atoms with Crippen molar-refractivity contribution in [3.63, 3.8) is 0 Å². The Morgan fingerprint density at radius 2 is 1.88 bits per heavy atom. The number of aromatic nitrogens is 5. The number of carbonyl (C=O) groups is 1. The molecule has 0 N–H and O–H groups in total. The lowest BCUT2D eigenvalue weighted by Gasteiger charge is -2.10. The van der Waals surface area contributed by atoms with Crippen molar-refractivity contribution in [2.45, 2.75) is 32.4 Å². The summed E-state index contributed by atoms with van der Waals surface area (Å²) in [5.41, 5.74) is 4.30. The van der Waals surface area contributed by atoms with E-state index in [1.807, 2.05) is 24.4 Å². The molecule has 0 fully saturated rings. The number of hydrogen-bond acceptors (Lipinski definition) is 8. The Morgan fingerprint density at radius 1 is 1.05 bits per heavy atom. The average molecular weight is 533 g/mol. The molecule has 9 nitrogen and oxygen atoms in total. The van der Waals surface area contributed by atoms with E-state index in [2.05, 4.69) is 70.1 Å². The molecule has 0 unspecified atom stereocenters. The molecule has 5 aromatic rings. The third-order valence-corrected chi connectivity index (χ3v) is 6.24. The molecule has 9 heteroatoms. The SMILES string of the molecule is CN(C)Cc1ccc(Cc2ncc3cc(C#CCCC(=O)c4cncn(Cc5cocn5)c4=O)ccc3n2)cc1. The summed E-state index contributed by atoms with van der Waals surface area (Å²) in [7, 11) is 4.11. The quantitative estimate of drug-likeness (QED) is 0.208. The van der Waals surface area contributed by atoms with Gasteiger partial charge < -0.3 is 9.32 Å². The molecule has 0 saturated heterocycles. The fraction of sp³-hybridized carbons (Fsp3) is 0.226. The van der Waals surface area contributed by atoms with E-state index >= 15 is 0 Å². The summed E-state index contributed by atoms with van der Waals surface area (Å²) in [5, 5.41) is 0.899. The third-order valence-electron chi connectivity index (χ3n) is 6.24. The van der Waals surface area contributed by atoms with Crippen LogP contribution in [-0.2, 0) is 19.5 Å². The lowest BCUT2D eigenvalue weighted by Crippen LogP contribution is -2.27. The molecular formula is C31H28N6O3. The minimum atomic E-state index is -0.411. The van der Waals surface area contributed by atoms with E-state index in [4.69, 9.17) is 9.40 Å². The maximum atomic E-state index is 12.7. The van der Waals surface area contributed by atoms with Crippen LogP contribution in [0.4, 0.5) is 0 Å². The van der Waals surface area contributed by atoms with Crippen molar-refractivity contribution < 1.29 is 9.21 Å². The number of ketones is 1. The Balaban J connectivity index is 1.19. The second-order valence-electron chi connectivity index (χ2n) is 9.74. The van der Waals surface area contributed by atoms with E-state index in [9.17, 15) is 9.59 Å². The van der Waals surface area contributed by atoms with Crippen molar-refractivity contribution in [1.82, 2.24) is 29.4 Å². The number of rotatable bonds is 9. The van der Waals surface area contributed by atoms with Crippen LogP contribution in [0.3, 0.4) is 0 Å². The fourth-order valence-electron chi connectivity index (χ4n) is 4.26. The Bertz CT molecular complexity index is 1750. The van der Waals surface area contributed by atoms with Crippen LogP contribution < -0.4 is 5.56 Å². The number of carbonyl (C=O) groups excluding carboxylic acids is 1. The molecular weight excluding hydrogens is 504 g/mol. The van der Waals surface area contributed by atoms with Crippen molar-refractivity contribution >= 4 is 16.7 Å². The Labute approximate surface area is 231 Å². The molecule has 0 radical (unpaired) electrons. The first kappa shape index (κ1) is 26.7. The van der Waals surface area contributed by atoms with E-state index in [1.165, 1.54) is 40.9 Å². The van der Waals surface area contributed by atoms with Gasteiger partial charge in [0.15, 0.2) is 12.2 Å². The first-order chi connectivity index (χ1) is 19.4. The normalized spacial score (nSPS) is 11.0. The number of benzene rings is 2. The summed E-state index contributed by atoms with van der Waals surface area (Å²) in [5.74, 6) is 6.59. The molecule has 3 aromatic heterocycles. The van der Waals surface area contributed by atoms with Gasteiger partial charge in [0.05, 0.1) is 24.1 Å². The Morgan fingerprint density at radius 3 is 2.65 bits per heavy atom. The first-order valence-electron chi connectivity index (χ1n) is 12.9. The van der Waals surface area contributed by atoms with Gasteiger partial charge in [-0.05, 0) is 43.4 Å². The van der Waals surface area contributed by atoms with E-state index < -0.39 is 5.56 Å². The molecule has 0 bridgehead atoms. The molecule has 2 aromatic carbocycles. The predicted octanol–water partition coefficient (Wildman–Crippen LogP) is 3.89. The first-order valence-corrected chi connectivity index (χ1v) is 12.9. The summed E-state index contributed by atoms with van der Waals surface area (Å²) in [6.07, 6.45) is 8.33. The molecule has 200 valence electrons. The predicted molar refractivity (Wildman–Crippen MR) is 151 cm³/mol. The highest BCUT2D eigenvalue weighted by Crippen LogP contribution is 2.15. The second kappa shape index (κ2) is 12.3. The monoisotopic (exact) mass is 532 g/mol. The maximum absolute atomic E-state index is 12.7. The van der Waals surface area contributed by atoms with Gasteiger partial charge in [0.2, 0.25) is 0 Å². The minimum Gasteiger partial charge on any atom is -0.451 e. The van der Waals surface area contributed by atoms with Crippen LogP contribution in [0.15, 0.2) is 83.1 Å². The van der Waals surface area contributed by atoms with Gasteiger partial charge in [-0.3, -0.25) is 14.2 Å². The van der Waals surface area contributed by atoms with Crippen molar-refractivity contribution in [2.24, 2.45) is 0 Å². The summed E-state index contributed by atoms with van der Waals surface area (Å²) >= 11 is 0. The van der Waals surface area contributed by atoms with E-state index in [1.54, 1.807) is 0 Å². The van der Waals surface area contributed by atoms with E-state index in [0.717, 1.165) is 28.8 Å². The molecule has 5 rings (SSSR count). The number of oxazole rings is 1. The molecule has 3 heterocycles. The maximum Gasteiger partial charge on any atom is 0.264 e. The number of hydrogen-bond donors (Lipinski definition) is 0. The van der Waals surface area contributed by atoms with Gasteiger partial charge in [0.1, 0.15) is 17.7 Å². The highest BCUT2D eigenvalue weighted by Gasteiger charge is 2.13. The lowest BCUT2D eigenvalue weighted by atomic mass is 10.1. The fourth-order valence-corrected chi connectivity index (χ4v) is 4.26. The summed E-state index contributed by atoms with van der Waals surface area (Å²) in [6, 6.07) is 14.3. The number of Topliss-reactive ketones (excluding diaryl/α,β-unsaturated/α-hetero) is 1. The van der Waals surface area contributed by atoms with Gasteiger partial charge in [-0.2, -0.15) is 0 Å². The lowest BCUT2D eigenvalue weighted by molar-refractivity contribution is 0.0982. The molecule has 0 aliphatic rings. The zero-order valence-electron chi connectivity index (χ0n) is 22.4. The van der Waals surface area contributed by atoms with Gasteiger partial charge in [0.25, 0.3) is 5.56 Å². The third kappa shape index (κ3) is 6.73. The molecule has 0 atom stereocenters. The van der Waals surface area contributed by atoms with E-state index in [0.29, 0.717) is 18.5 Å². The molecule has 0 saturated carbocycles. The van der Waals surface area contributed by atoms with Crippen LogP contribution in [0.25, 0.3) is 10.9 Å². The highest BCUT2D eigenvalue weighted by atomic mass is 16.3. The Hall–Kier alpha value is -4.94. The van der Waals surface area contributed by atoms with Crippen LogP contribution in [-0.4, -0.2) is 49.3 Å². The minimum absolute atomic E-state index is 0.0379. The summed E-state index contributed by atoms with van der Waals surface area (Å²) in [6.45, 7) is 1.09. The van der Waals surface area contributed by atoms with Gasteiger partial charge in [-0.15, -0.1) is 0 Å². The molecule has 0 spiro atoms. The summed E-state index contributed by atoms with van der Waals surface area (Å²) in [4.78, 5) is 44.8. The smallest absolute Gasteiger partial charge is 0.264 e. The highest BCUT2D eigenvalue weighted by molar-refractivity contribution is 5.95. The van der Waals surface area contributed by atoms with Crippen molar-refractivity contribution in [3.05, 3.63) is 118 Å². The van der Waals surface area contributed by atoms with E-state index in [-0.39, 0.29) is 24.3 Å². The van der Waals surface area contributed by atoms with Crippen LogP contribution in [0.5, 0.6) is 0 Å². The largest absolute Gasteiger partial charge is 0.451 e. The second-order valence-corrected chi connectivity index (χ2v) is 9.74. The molecule has 40 heavy (non-hydrogen) atoms. The van der Waals surface area contributed by atoms with Crippen molar-refractivity contribution in [1.29, 1.82) is 0 Å². The van der Waals surface area contributed by atoms with Crippen molar-refractivity contribution in [3.8, 4) is 11.8 Å². The molecule has 0 amide bonds. The zero-order chi connectivity index (χ0) is 27.9. The van der Waals surface area contributed by atoms with Gasteiger partial charge in [0, 0.05) is 49.2 Å². The van der Waals surface area contributed by atoms with Gasteiger partial charge >= 0.3 is 0 Å². The number of fused-ring (bicyclic) bond motifs is 1. The van der Waals surface area contributed by atoms with Crippen molar-refractivity contribution in [2.75, 3.05) is 14.1 Å². The van der Waals surface area contributed by atoms with Crippen LogP contribution in [0, 0.1) is 11.8 Å².